The number of hydrogen-bond acceptors (Lipinski definition) is 7. The van der Waals surface area contributed by atoms with Crippen LogP contribution in [0.15, 0.2) is 11.6 Å². The summed E-state index contributed by atoms with van der Waals surface area (Å²) in [5.74, 6) is 0.789. The fourth-order valence-corrected chi connectivity index (χ4v) is 5.95. The van der Waals surface area contributed by atoms with Crippen LogP contribution < -0.4 is 16.4 Å². The first-order valence-electron chi connectivity index (χ1n) is 13.6. The molecule has 2 aliphatic carbocycles. The quantitative estimate of drug-likeness (QED) is 0.184. The van der Waals surface area contributed by atoms with E-state index in [9.17, 15) is 9.59 Å². The number of nitrogens with one attached hydrogen (secondary N) is 2. The minimum atomic E-state index is -0.514. The zero-order chi connectivity index (χ0) is 26.2. The van der Waals surface area contributed by atoms with E-state index in [4.69, 9.17) is 24.7 Å². The maximum absolute atomic E-state index is 12.5. The van der Waals surface area contributed by atoms with Gasteiger partial charge in [-0.3, -0.25) is 0 Å². The van der Waals surface area contributed by atoms with E-state index in [0.29, 0.717) is 25.4 Å². The van der Waals surface area contributed by atoms with Gasteiger partial charge >= 0.3 is 12.2 Å². The van der Waals surface area contributed by atoms with E-state index in [1.807, 2.05) is 0 Å². The van der Waals surface area contributed by atoms with Crippen LogP contribution in [-0.2, 0) is 18.9 Å². The Balaban J connectivity index is 1.40. The second kappa shape index (κ2) is 13.1. The topological polar surface area (TPSA) is 124 Å². The molecule has 2 amide bonds. The predicted octanol–water partition coefficient (Wildman–Crippen LogP) is 3.90. The molecular formula is C27H47N3O6. The van der Waals surface area contributed by atoms with Crippen molar-refractivity contribution in [3.05, 3.63) is 11.6 Å². The normalized spacial score (nSPS) is 32.5. The molecule has 1 saturated heterocycles. The van der Waals surface area contributed by atoms with Crippen molar-refractivity contribution in [1.82, 2.24) is 10.6 Å². The minimum Gasteiger partial charge on any atom is -0.448 e. The zero-order valence-electron chi connectivity index (χ0n) is 22.6. The molecule has 36 heavy (non-hydrogen) atoms. The minimum absolute atomic E-state index is 0.0795. The van der Waals surface area contributed by atoms with Crippen LogP contribution in [0.1, 0.15) is 72.1 Å². The monoisotopic (exact) mass is 509 g/mol. The second-order valence-corrected chi connectivity index (χ2v) is 11.1. The van der Waals surface area contributed by atoms with Crippen LogP contribution in [0.5, 0.6) is 0 Å². The number of ether oxygens (including phenoxy) is 4. The first kappa shape index (κ1) is 28.7. The third-order valence-corrected chi connectivity index (χ3v) is 8.14. The smallest absolute Gasteiger partial charge is 0.407 e. The SMILES string of the molecule is COC1C(OC(=O)NCCOC(=O)NCCCCCCN)CC[C@]2(CO2)C1C1(C)C[C@@H]1CC=C(C)C. The van der Waals surface area contributed by atoms with Gasteiger partial charge in [0.05, 0.1) is 18.8 Å². The van der Waals surface area contributed by atoms with Crippen LogP contribution in [0.2, 0.25) is 0 Å². The molecule has 0 aromatic heterocycles. The van der Waals surface area contributed by atoms with Crippen LogP contribution in [-0.4, -0.2) is 70.0 Å². The predicted molar refractivity (Wildman–Crippen MR) is 138 cm³/mol. The number of hydrogen-bond donors (Lipinski definition) is 3. The molecule has 2 saturated carbocycles. The van der Waals surface area contributed by atoms with E-state index in [0.717, 1.165) is 51.6 Å². The molecule has 6 atom stereocenters. The summed E-state index contributed by atoms with van der Waals surface area (Å²) in [4.78, 5) is 24.3. The number of carbonyl (C=O) groups is 2. The van der Waals surface area contributed by atoms with E-state index in [1.54, 1.807) is 7.11 Å². The summed E-state index contributed by atoms with van der Waals surface area (Å²) < 4.78 is 22.9. The molecule has 4 unspecified atom stereocenters. The summed E-state index contributed by atoms with van der Waals surface area (Å²) in [6.45, 7) is 8.90. The third-order valence-electron chi connectivity index (χ3n) is 8.14. The van der Waals surface area contributed by atoms with Gasteiger partial charge in [0.2, 0.25) is 0 Å². The molecule has 0 bridgehead atoms. The number of methoxy groups -OCH3 is 1. The molecule has 3 aliphatic rings. The maximum Gasteiger partial charge on any atom is 0.407 e. The fraction of sp³-hybridized carbons (Fsp3) is 0.852. The first-order chi connectivity index (χ1) is 17.3. The molecule has 3 fully saturated rings. The molecule has 1 aliphatic heterocycles. The third kappa shape index (κ3) is 7.59. The summed E-state index contributed by atoms with van der Waals surface area (Å²) >= 11 is 0. The van der Waals surface area contributed by atoms with Gasteiger partial charge in [-0.15, -0.1) is 0 Å². The van der Waals surface area contributed by atoms with Crippen LogP contribution in [0.4, 0.5) is 9.59 Å². The second-order valence-electron chi connectivity index (χ2n) is 11.1. The molecule has 1 heterocycles. The number of allylic oxidation sites excluding steroid dienone is 2. The van der Waals surface area contributed by atoms with Crippen LogP contribution in [0.3, 0.4) is 0 Å². The lowest BCUT2D eigenvalue weighted by atomic mass is 9.67. The van der Waals surface area contributed by atoms with Gasteiger partial charge in [-0.05, 0) is 70.3 Å². The molecular weight excluding hydrogens is 462 g/mol. The van der Waals surface area contributed by atoms with Crippen molar-refractivity contribution in [1.29, 1.82) is 0 Å². The zero-order valence-corrected chi connectivity index (χ0v) is 22.6. The highest BCUT2D eigenvalue weighted by Crippen LogP contribution is 2.68. The van der Waals surface area contributed by atoms with Crippen LogP contribution in [0, 0.1) is 17.3 Å². The lowest BCUT2D eigenvalue weighted by molar-refractivity contribution is -0.120. The molecule has 206 valence electrons. The lowest BCUT2D eigenvalue weighted by Crippen LogP contribution is -2.54. The molecule has 0 aromatic carbocycles. The van der Waals surface area contributed by atoms with Crippen LogP contribution in [0.25, 0.3) is 0 Å². The number of alkyl carbamates (subject to hydrolysis) is 2. The van der Waals surface area contributed by atoms with E-state index in [-0.39, 0.29) is 42.3 Å². The average Bonchev–Trinajstić information content (AvgIpc) is 3.76. The number of carbonyl (C=O) groups excluding carboxylic acids is 2. The Kier molecular flexibility index (Phi) is 10.5. The Labute approximate surface area is 216 Å². The maximum atomic E-state index is 12.5. The van der Waals surface area contributed by atoms with Crippen molar-refractivity contribution >= 4 is 12.2 Å². The van der Waals surface area contributed by atoms with Crippen molar-refractivity contribution in [2.45, 2.75) is 89.9 Å². The summed E-state index contributed by atoms with van der Waals surface area (Å²) in [7, 11) is 1.70. The highest BCUT2D eigenvalue weighted by Gasteiger charge is 2.70. The Morgan fingerprint density at radius 1 is 1.11 bits per heavy atom. The number of rotatable bonds is 14. The summed E-state index contributed by atoms with van der Waals surface area (Å²) in [5.41, 5.74) is 6.78. The molecule has 4 N–H and O–H groups in total. The van der Waals surface area contributed by atoms with Crippen molar-refractivity contribution in [2.24, 2.45) is 23.0 Å². The Morgan fingerprint density at radius 3 is 2.50 bits per heavy atom. The van der Waals surface area contributed by atoms with E-state index in [1.165, 1.54) is 5.57 Å². The van der Waals surface area contributed by atoms with Gasteiger partial charge in [-0.25, -0.2) is 9.59 Å². The average molecular weight is 510 g/mol. The van der Waals surface area contributed by atoms with Crippen molar-refractivity contribution in [3.63, 3.8) is 0 Å². The molecule has 9 heteroatoms. The number of amides is 2. The number of nitrogens with two attached hydrogens (primary N) is 1. The fourth-order valence-electron chi connectivity index (χ4n) is 5.95. The molecule has 9 nitrogen and oxygen atoms in total. The van der Waals surface area contributed by atoms with Gasteiger partial charge in [-0.2, -0.15) is 0 Å². The highest BCUT2D eigenvalue weighted by molar-refractivity contribution is 5.68. The van der Waals surface area contributed by atoms with Crippen molar-refractivity contribution < 1.29 is 28.5 Å². The molecule has 3 rings (SSSR count). The number of epoxide rings is 1. The lowest BCUT2D eigenvalue weighted by Gasteiger charge is -2.44. The Hall–Kier alpha value is -1.84. The Bertz CT molecular complexity index is 767. The van der Waals surface area contributed by atoms with Crippen LogP contribution >= 0.6 is 0 Å². The largest absolute Gasteiger partial charge is 0.448 e. The van der Waals surface area contributed by atoms with Gasteiger partial charge in [0.25, 0.3) is 0 Å². The Morgan fingerprint density at radius 2 is 1.83 bits per heavy atom. The van der Waals surface area contributed by atoms with E-state index >= 15 is 0 Å². The molecule has 0 aromatic rings. The van der Waals surface area contributed by atoms with E-state index in [2.05, 4.69) is 37.5 Å². The molecule has 1 spiro atoms. The summed E-state index contributed by atoms with van der Waals surface area (Å²) in [5, 5.41) is 5.41. The van der Waals surface area contributed by atoms with E-state index < -0.39 is 12.2 Å². The van der Waals surface area contributed by atoms with Crippen molar-refractivity contribution in [3.8, 4) is 0 Å². The summed E-state index contributed by atoms with van der Waals surface area (Å²) in [6.07, 6.45) is 8.55. The first-order valence-corrected chi connectivity index (χ1v) is 13.6. The highest BCUT2D eigenvalue weighted by atomic mass is 16.6. The molecule has 0 radical (unpaired) electrons. The van der Waals surface area contributed by atoms with Gasteiger partial charge < -0.3 is 35.3 Å². The summed E-state index contributed by atoms with van der Waals surface area (Å²) in [6, 6.07) is 0. The standard InChI is InChI=1S/C27H47N3O6/c1-19(2)9-10-20-17-26(20,3)23-22(33-4)21(11-12-27(23)18-35-27)36-25(32)30-15-16-34-24(31)29-14-8-6-5-7-13-28/h9,20-23H,5-8,10-18,28H2,1-4H3,(H,29,31)(H,30,32)/t20-,21?,22?,23?,26?,27-/m0/s1. The number of unbranched alkanes of at least 4 members (excludes halogenated alkanes) is 3. The van der Waals surface area contributed by atoms with Crippen molar-refractivity contribution in [2.75, 3.05) is 40.0 Å². The van der Waals surface area contributed by atoms with Gasteiger partial charge in [-0.1, -0.05) is 31.4 Å². The van der Waals surface area contributed by atoms with Gasteiger partial charge in [0, 0.05) is 19.6 Å². The van der Waals surface area contributed by atoms with Gasteiger partial charge in [0.15, 0.2) is 0 Å². The van der Waals surface area contributed by atoms with Gasteiger partial charge in [0.1, 0.15) is 18.8 Å².